The van der Waals surface area contributed by atoms with Gasteiger partial charge in [0, 0.05) is 22.4 Å². The number of amides is 2. The van der Waals surface area contributed by atoms with Crippen LogP contribution in [0.2, 0.25) is 0 Å². The van der Waals surface area contributed by atoms with Crippen molar-refractivity contribution in [3.05, 3.63) is 136 Å². The fraction of sp³-hybridized carbons (Fsp3) is 0.161. The molecule has 1 heterocycles. The summed E-state index contributed by atoms with van der Waals surface area (Å²) in [6.45, 7) is 0.548. The monoisotopic (exact) mass is 688 g/mol. The second-order valence-corrected chi connectivity index (χ2v) is 11.4. The second-order valence-electron chi connectivity index (χ2n) is 8.93. The standard InChI is InChI=1S/C31H26BrNO4.2ClH.Cu/c32-25-16-17-29(36-20-22-10-4-1-5-11-22)27(18-25)26(23-12-6-2-7-13-23)19-30(34)33-28(21-37-31(33)35)24-14-8-3-9-15-24;;;/h1-18,26,28H,19-21H2;2*1H;/q;;;+2/p-2/t26-,28-;;;/m0.../s1. The topological polar surface area (TPSA) is 55.8 Å². The number of benzene rings is 4. The van der Waals surface area contributed by atoms with Crippen LogP contribution < -0.4 is 4.74 Å². The molecule has 1 fully saturated rings. The van der Waals surface area contributed by atoms with Gasteiger partial charge in [0.05, 0.1) is 0 Å². The summed E-state index contributed by atoms with van der Waals surface area (Å²) in [4.78, 5) is 27.7. The van der Waals surface area contributed by atoms with E-state index in [-0.39, 0.29) is 24.9 Å². The minimum atomic E-state index is -0.611. The normalized spacial score (nSPS) is 15.1. The minimum absolute atomic E-state index is 0.0839. The molecule has 5 rings (SSSR count). The van der Waals surface area contributed by atoms with Crippen LogP contribution in [0, 0.1) is 0 Å². The Morgan fingerprint density at radius 2 is 1.55 bits per heavy atom. The third kappa shape index (κ3) is 7.90. The van der Waals surface area contributed by atoms with Crippen LogP contribution in [0.5, 0.6) is 5.75 Å². The van der Waals surface area contributed by atoms with Gasteiger partial charge in [0.15, 0.2) is 0 Å². The maximum atomic E-state index is 13.7. The van der Waals surface area contributed by atoms with E-state index in [1.54, 1.807) is 0 Å². The summed E-state index contributed by atoms with van der Waals surface area (Å²) in [5, 5.41) is 0. The van der Waals surface area contributed by atoms with Crippen molar-refractivity contribution < 1.29 is 32.2 Å². The first kappa shape index (κ1) is 30.2. The molecule has 1 aliphatic rings. The van der Waals surface area contributed by atoms with Crippen LogP contribution in [0.4, 0.5) is 4.79 Å². The number of cyclic esters (lactones) is 1. The Bertz CT molecular complexity index is 1400. The van der Waals surface area contributed by atoms with Gasteiger partial charge in [-0.05, 0) is 34.9 Å². The van der Waals surface area contributed by atoms with Crippen molar-refractivity contribution >= 4 is 48.1 Å². The van der Waals surface area contributed by atoms with Crippen molar-refractivity contribution in [1.82, 2.24) is 4.90 Å². The molecule has 0 saturated carbocycles. The quantitative estimate of drug-likeness (QED) is 0.174. The van der Waals surface area contributed by atoms with Crippen molar-refractivity contribution in [2.75, 3.05) is 6.61 Å². The van der Waals surface area contributed by atoms with Gasteiger partial charge in [-0.15, -0.1) is 0 Å². The third-order valence-electron chi connectivity index (χ3n) is 6.49. The van der Waals surface area contributed by atoms with Crippen molar-refractivity contribution in [2.24, 2.45) is 0 Å². The average molecular weight is 691 g/mol. The number of imide groups is 1. The molecule has 4 aromatic rings. The Morgan fingerprint density at radius 3 is 2.20 bits per heavy atom. The molecule has 0 spiro atoms. The predicted molar refractivity (Wildman–Crippen MR) is 157 cm³/mol. The van der Waals surface area contributed by atoms with Gasteiger partial charge in [-0.2, -0.15) is 0 Å². The molecule has 2 amide bonds. The van der Waals surface area contributed by atoms with Gasteiger partial charge < -0.3 is 9.47 Å². The fourth-order valence-electron chi connectivity index (χ4n) is 4.64. The summed E-state index contributed by atoms with van der Waals surface area (Å²) in [5.74, 6) is 0.0679. The first-order valence-electron chi connectivity index (χ1n) is 12.4. The number of carbonyl (C=O) groups is 2. The van der Waals surface area contributed by atoms with Gasteiger partial charge in [0.25, 0.3) is 0 Å². The van der Waals surface area contributed by atoms with Gasteiger partial charge in [-0.25, -0.2) is 9.69 Å². The van der Waals surface area contributed by atoms with Gasteiger partial charge >= 0.3 is 39.4 Å². The van der Waals surface area contributed by atoms with E-state index in [9.17, 15) is 9.59 Å². The number of rotatable bonds is 8. The summed E-state index contributed by atoms with van der Waals surface area (Å²) >= 11 is 4.35. The molecule has 2 atom stereocenters. The summed E-state index contributed by atoms with van der Waals surface area (Å²) in [7, 11) is 9.34. The molecule has 0 unspecified atom stereocenters. The van der Waals surface area contributed by atoms with E-state index >= 15 is 0 Å². The molecule has 0 radical (unpaired) electrons. The van der Waals surface area contributed by atoms with Crippen LogP contribution in [0.15, 0.2) is 114 Å². The van der Waals surface area contributed by atoms with Crippen LogP contribution in [0.3, 0.4) is 0 Å². The zero-order chi connectivity index (χ0) is 28.3. The van der Waals surface area contributed by atoms with Gasteiger partial charge in [0.2, 0.25) is 5.91 Å². The van der Waals surface area contributed by atoms with Crippen molar-refractivity contribution in [3.8, 4) is 5.75 Å². The van der Waals surface area contributed by atoms with E-state index in [1.807, 2.05) is 109 Å². The Labute approximate surface area is 257 Å². The number of hydrogen-bond donors (Lipinski definition) is 0. The summed E-state index contributed by atoms with van der Waals surface area (Å²) in [5.41, 5.74) is 3.75. The zero-order valence-corrected chi connectivity index (χ0v) is 25.2. The van der Waals surface area contributed by atoms with E-state index in [0.29, 0.717) is 12.4 Å². The Morgan fingerprint density at radius 1 is 0.950 bits per heavy atom. The molecular weight excluding hydrogens is 665 g/mol. The number of halogens is 3. The third-order valence-corrected chi connectivity index (χ3v) is 6.98. The summed E-state index contributed by atoms with van der Waals surface area (Å²) in [6, 6.07) is 34.7. The van der Waals surface area contributed by atoms with Crippen LogP contribution in [-0.2, 0) is 29.3 Å². The molecular formula is C31H26BrCl2CuNO4. The number of ether oxygens (including phenoxy) is 2. The zero-order valence-electron chi connectivity index (χ0n) is 21.2. The SMILES string of the molecule is O=C(C[C@@H](c1ccccc1)c1cc(Br)ccc1OCc1ccccc1)N1C(=O)OC[C@H]1c1ccccc1.[Cl][Cu][Cl]. The number of nitrogens with zero attached hydrogens (tertiary/aromatic N) is 1. The van der Waals surface area contributed by atoms with Crippen LogP contribution in [-0.4, -0.2) is 23.5 Å². The van der Waals surface area contributed by atoms with Gasteiger partial charge in [0.1, 0.15) is 25.0 Å². The Hall–Kier alpha value is -2.80. The first-order chi connectivity index (χ1) is 19.5. The van der Waals surface area contributed by atoms with Gasteiger partial charge in [-0.1, -0.05) is 107 Å². The molecule has 4 aromatic carbocycles. The Balaban J connectivity index is 0.00000118. The Kier molecular flexibility index (Phi) is 11.5. The first-order valence-corrected chi connectivity index (χ1v) is 15.8. The van der Waals surface area contributed by atoms with Gasteiger partial charge in [-0.3, -0.25) is 4.79 Å². The molecule has 5 nitrogen and oxygen atoms in total. The van der Waals surface area contributed by atoms with E-state index in [2.05, 4.69) is 36.1 Å². The molecule has 0 bridgehead atoms. The van der Waals surface area contributed by atoms with Crippen molar-refractivity contribution in [3.63, 3.8) is 0 Å². The molecule has 0 aliphatic carbocycles. The molecule has 0 N–H and O–H groups in total. The predicted octanol–water partition coefficient (Wildman–Crippen LogP) is 8.65. The maximum absolute atomic E-state index is 13.7. The van der Waals surface area contributed by atoms with Crippen molar-refractivity contribution in [1.29, 1.82) is 0 Å². The number of hydrogen-bond acceptors (Lipinski definition) is 4. The van der Waals surface area contributed by atoms with Crippen LogP contribution in [0.25, 0.3) is 0 Å². The number of carbonyl (C=O) groups excluding carboxylic acids is 2. The van der Waals surface area contributed by atoms with Crippen molar-refractivity contribution in [2.45, 2.75) is 25.0 Å². The van der Waals surface area contributed by atoms with E-state index in [4.69, 9.17) is 9.47 Å². The molecule has 1 saturated heterocycles. The van der Waals surface area contributed by atoms with E-state index < -0.39 is 12.1 Å². The molecule has 0 aromatic heterocycles. The molecule has 211 valence electrons. The fourth-order valence-corrected chi connectivity index (χ4v) is 5.02. The average Bonchev–Trinajstić information content (AvgIpc) is 3.38. The second kappa shape index (κ2) is 15.3. The molecule has 9 heteroatoms. The molecule has 1 aliphatic heterocycles. The molecule has 40 heavy (non-hydrogen) atoms. The summed E-state index contributed by atoms with van der Waals surface area (Å²) < 4.78 is 12.5. The summed E-state index contributed by atoms with van der Waals surface area (Å²) in [6.07, 6.45) is -0.527. The van der Waals surface area contributed by atoms with Crippen LogP contribution in [0.1, 0.15) is 40.6 Å². The van der Waals surface area contributed by atoms with Crippen LogP contribution >= 0.6 is 36.1 Å². The van der Waals surface area contributed by atoms with E-state index in [0.717, 1.165) is 39.9 Å². The van der Waals surface area contributed by atoms with E-state index in [1.165, 1.54) is 4.90 Å².